The van der Waals surface area contributed by atoms with Crippen LogP contribution in [-0.4, -0.2) is 76.6 Å². The van der Waals surface area contributed by atoms with Gasteiger partial charge in [-0.15, -0.1) is 0 Å². The molecule has 0 radical (unpaired) electrons. The summed E-state index contributed by atoms with van der Waals surface area (Å²) in [6.45, 7) is 9.95. The summed E-state index contributed by atoms with van der Waals surface area (Å²) < 4.78 is 0. The van der Waals surface area contributed by atoms with Gasteiger partial charge in [0.25, 0.3) is 5.91 Å². The van der Waals surface area contributed by atoms with Gasteiger partial charge in [0.2, 0.25) is 0 Å². The van der Waals surface area contributed by atoms with Crippen LogP contribution < -0.4 is 0 Å². The lowest BCUT2D eigenvalue weighted by molar-refractivity contribution is -0.135. The Balaban J connectivity index is 2.12. The third-order valence-corrected chi connectivity index (χ3v) is 5.18. The second kappa shape index (κ2) is 7.62. The van der Waals surface area contributed by atoms with Crippen LogP contribution in [0, 0.1) is 5.92 Å². The van der Waals surface area contributed by atoms with Crippen LogP contribution in [0.1, 0.15) is 46.5 Å². The number of likely N-dealkylation sites (tertiary alicyclic amines) is 1. The van der Waals surface area contributed by atoms with Gasteiger partial charge in [0.1, 0.15) is 5.54 Å². The van der Waals surface area contributed by atoms with E-state index in [1.165, 1.54) is 4.90 Å². The Kier molecular flexibility index (Phi) is 6.03. The van der Waals surface area contributed by atoms with E-state index in [0.29, 0.717) is 31.8 Å². The van der Waals surface area contributed by atoms with Gasteiger partial charge in [0.15, 0.2) is 0 Å². The maximum absolute atomic E-state index is 12.9. The molecule has 6 heteroatoms. The molecule has 2 heterocycles. The van der Waals surface area contributed by atoms with Crippen molar-refractivity contribution in [2.45, 2.75) is 52.0 Å². The van der Waals surface area contributed by atoms with Crippen LogP contribution in [0.3, 0.4) is 0 Å². The van der Waals surface area contributed by atoms with Crippen molar-refractivity contribution in [3.63, 3.8) is 0 Å². The number of hydrogen-bond donors (Lipinski definition) is 1. The fourth-order valence-electron chi connectivity index (χ4n) is 3.68. The summed E-state index contributed by atoms with van der Waals surface area (Å²) in [4.78, 5) is 31.1. The van der Waals surface area contributed by atoms with Crippen LogP contribution in [0.15, 0.2) is 0 Å². The third-order valence-electron chi connectivity index (χ3n) is 5.18. The highest BCUT2D eigenvalue weighted by Gasteiger charge is 2.57. The molecule has 0 saturated carbocycles. The van der Waals surface area contributed by atoms with E-state index in [4.69, 9.17) is 5.11 Å². The highest BCUT2D eigenvalue weighted by atomic mass is 16.3. The van der Waals surface area contributed by atoms with Crippen molar-refractivity contribution in [1.29, 1.82) is 0 Å². The van der Waals surface area contributed by atoms with Gasteiger partial charge < -0.3 is 14.9 Å². The second-order valence-corrected chi connectivity index (χ2v) is 7.12. The molecule has 2 saturated heterocycles. The number of carbonyl (C=O) groups is 2. The van der Waals surface area contributed by atoms with Gasteiger partial charge in [0.05, 0.1) is 0 Å². The number of carbonyl (C=O) groups excluding carboxylic acids is 2. The molecule has 2 aliphatic rings. The van der Waals surface area contributed by atoms with Crippen molar-refractivity contribution in [2.75, 3.05) is 39.3 Å². The summed E-state index contributed by atoms with van der Waals surface area (Å²) in [5.74, 6) is 0.505. The van der Waals surface area contributed by atoms with E-state index in [-0.39, 0.29) is 18.5 Å². The molecular formula is C17H31N3O3. The number of amides is 3. The Morgan fingerprint density at radius 3 is 2.35 bits per heavy atom. The third kappa shape index (κ3) is 3.53. The minimum Gasteiger partial charge on any atom is -0.396 e. The first-order valence-corrected chi connectivity index (χ1v) is 8.93. The van der Waals surface area contributed by atoms with Gasteiger partial charge in [-0.1, -0.05) is 13.8 Å². The van der Waals surface area contributed by atoms with Crippen LogP contribution in [0.25, 0.3) is 0 Å². The van der Waals surface area contributed by atoms with E-state index >= 15 is 0 Å². The molecular weight excluding hydrogens is 294 g/mol. The summed E-state index contributed by atoms with van der Waals surface area (Å²) in [5, 5.41) is 8.97. The van der Waals surface area contributed by atoms with Gasteiger partial charge in [-0.3, -0.25) is 9.69 Å². The Morgan fingerprint density at radius 1 is 1.17 bits per heavy atom. The lowest BCUT2D eigenvalue weighted by Crippen LogP contribution is -2.57. The summed E-state index contributed by atoms with van der Waals surface area (Å²) in [7, 11) is 0. The first kappa shape index (κ1) is 18.2. The van der Waals surface area contributed by atoms with Crippen LogP contribution in [-0.2, 0) is 4.79 Å². The quantitative estimate of drug-likeness (QED) is 0.721. The number of aliphatic hydroxyl groups excluding tert-OH is 1. The summed E-state index contributed by atoms with van der Waals surface area (Å²) in [6.07, 6.45) is 3.10. The van der Waals surface area contributed by atoms with Crippen LogP contribution in [0.2, 0.25) is 0 Å². The molecule has 1 spiro atoms. The molecule has 0 atom stereocenters. The molecule has 0 unspecified atom stereocenters. The highest BCUT2D eigenvalue weighted by molar-refractivity contribution is 6.07. The van der Waals surface area contributed by atoms with Crippen LogP contribution >= 0.6 is 0 Å². The molecule has 0 aromatic heterocycles. The van der Waals surface area contributed by atoms with E-state index in [2.05, 4.69) is 18.7 Å². The number of likely N-dealkylation sites (N-methyl/N-ethyl adjacent to an activating group) is 1. The Labute approximate surface area is 139 Å². The molecule has 2 aliphatic heterocycles. The molecule has 1 N–H and O–H groups in total. The monoisotopic (exact) mass is 325 g/mol. The largest absolute Gasteiger partial charge is 0.396 e. The zero-order valence-corrected chi connectivity index (χ0v) is 14.8. The standard InChI is InChI=1S/C17H31N3O3/c1-4-19-15(22)17(20(16(19)23)10-6-14(2)3)7-11-18(12-8-17)9-5-13-21/h14,21H,4-13H2,1-3H3. The summed E-state index contributed by atoms with van der Waals surface area (Å²) in [6, 6.07) is -0.109. The average molecular weight is 325 g/mol. The molecule has 132 valence electrons. The number of nitrogens with zero attached hydrogens (tertiary/aromatic N) is 3. The van der Waals surface area contributed by atoms with Gasteiger partial charge in [-0.2, -0.15) is 0 Å². The predicted octanol–water partition coefficient (Wildman–Crippen LogP) is 1.53. The van der Waals surface area contributed by atoms with Gasteiger partial charge in [0, 0.05) is 39.3 Å². The van der Waals surface area contributed by atoms with Crippen LogP contribution in [0.5, 0.6) is 0 Å². The van der Waals surface area contributed by atoms with Crippen molar-refractivity contribution in [3.05, 3.63) is 0 Å². The zero-order chi connectivity index (χ0) is 17.0. The van der Waals surface area contributed by atoms with E-state index in [0.717, 1.165) is 32.5 Å². The molecule has 0 aliphatic carbocycles. The van der Waals surface area contributed by atoms with Crippen molar-refractivity contribution in [3.8, 4) is 0 Å². The van der Waals surface area contributed by atoms with Crippen molar-refractivity contribution in [2.24, 2.45) is 5.92 Å². The number of imide groups is 1. The minimum absolute atomic E-state index is 0.00411. The smallest absolute Gasteiger partial charge is 0.327 e. The first-order valence-electron chi connectivity index (χ1n) is 8.93. The van der Waals surface area contributed by atoms with Crippen molar-refractivity contribution >= 4 is 11.9 Å². The normalized spacial score (nSPS) is 22.0. The molecule has 2 rings (SSSR count). The number of aliphatic hydroxyl groups is 1. The fraction of sp³-hybridized carbons (Fsp3) is 0.882. The molecule has 2 fully saturated rings. The fourth-order valence-corrected chi connectivity index (χ4v) is 3.68. The Hall–Kier alpha value is -1.14. The second-order valence-electron chi connectivity index (χ2n) is 7.12. The SMILES string of the molecule is CCN1C(=O)N(CCC(C)C)C2(CCN(CCCO)CC2)C1=O. The van der Waals surface area contributed by atoms with Crippen molar-refractivity contribution in [1.82, 2.24) is 14.7 Å². The highest BCUT2D eigenvalue weighted by Crippen LogP contribution is 2.37. The number of hydrogen-bond acceptors (Lipinski definition) is 4. The van der Waals surface area contributed by atoms with Gasteiger partial charge >= 0.3 is 6.03 Å². The lowest BCUT2D eigenvalue weighted by Gasteiger charge is -2.42. The molecule has 6 nitrogen and oxygen atoms in total. The lowest BCUT2D eigenvalue weighted by atomic mass is 9.85. The van der Waals surface area contributed by atoms with E-state index in [1.807, 2.05) is 11.8 Å². The first-order chi connectivity index (χ1) is 11.0. The molecule has 0 aromatic carbocycles. The van der Waals surface area contributed by atoms with Gasteiger partial charge in [-0.05, 0) is 38.5 Å². The Morgan fingerprint density at radius 2 is 1.83 bits per heavy atom. The van der Waals surface area contributed by atoms with E-state index in [9.17, 15) is 9.59 Å². The molecule has 0 bridgehead atoms. The average Bonchev–Trinajstić information content (AvgIpc) is 2.72. The summed E-state index contributed by atoms with van der Waals surface area (Å²) >= 11 is 0. The maximum Gasteiger partial charge on any atom is 0.327 e. The molecule has 0 aromatic rings. The number of piperidine rings is 1. The summed E-state index contributed by atoms with van der Waals surface area (Å²) in [5.41, 5.74) is -0.627. The molecule has 23 heavy (non-hydrogen) atoms. The minimum atomic E-state index is -0.627. The Bertz CT molecular complexity index is 431. The maximum atomic E-state index is 12.9. The van der Waals surface area contributed by atoms with Crippen LogP contribution in [0.4, 0.5) is 4.79 Å². The number of urea groups is 1. The van der Waals surface area contributed by atoms with Crippen molar-refractivity contribution < 1.29 is 14.7 Å². The van der Waals surface area contributed by atoms with E-state index < -0.39 is 5.54 Å². The van der Waals surface area contributed by atoms with Gasteiger partial charge in [-0.25, -0.2) is 4.79 Å². The number of rotatable bonds is 7. The topological polar surface area (TPSA) is 64.1 Å². The van der Waals surface area contributed by atoms with E-state index in [1.54, 1.807) is 0 Å². The zero-order valence-electron chi connectivity index (χ0n) is 14.8. The predicted molar refractivity (Wildman–Crippen MR) is 89.1 cm³/mol. The molecule has 3 amide bonds.